The van der Waals surface area contributed by atoms with E-state index in [9.17, 15) is 4.79 Å². The largest absolute Gasteiger partial charge is 0.497 e. The standard InChI is InChI=1S/C27H33N3O5S/c1-5-11-30(6-2)27(31)22-17-36-26(28-22)16-29(14-19-7-10-23-25(12-19)35-18-34-23)15-20-8-9-21(32-3)13-24(20)33-4/h7-10,12-13,17H,5-6,11,14-16,18H2,1-4H3. The maximum absolute atomic E-state index is 12.9. The van der Waals surface area contributed by atoms with E-state index in [1.807, 2.05) is 53.6 Å². The van der Waals surface area contributed by atoms with Crippen LogP contribution in [-0.2, 0) is 19.6 Å². The van der Waals surface area contributed by atoms with E-state index in [2.05, 4.69) is 11.8 Å². The summed E-state index contributed by atoms with van der Waals surface area (Å²) < 4.78 is 22.0. The van der Waals surface area contributed by atoms with Crippen LogP contribution < -0.4 is 18.9 Å². The van der Waals surface area contributed by atoms with Crippen molar-refractivity contribution < 1.29 is 23.7 Å². The molecule has 1 aliphatic rings. The minimum absolute atomic E-state index is 0.0130. The number of ether oxygens (including phenoxy) is 4. The van der Waals surface area contributed by atoms with Gasteiger partial charge in [-0.05, 0) is 37.1 Å². The Balaban J connectivity index is 1.57. The molecule has 192 valence electrons. The molecule has 36 heavy (non-hydrogen) atoms. The number of rotatable bonds is 12. The zero-order valence-corrected chi connectivity index (χ0v) is 22.1. The fraction of sp³-hybridized carbons (Fsp3) is 0.407. The van der Waals surface area contributed by atoms with Crippen LogP contribution in [0.4, 0.5) is 0 Å². The zero-order valence-electron chi connectivity index (χ0n) is 21.3. The molecule has 1 aromatic heterocycles. The average Bonchev–Trinajstić information content (AvgIpc) is 3.56. The second-order valence-electron chi connectivity index (χ2n) is 8.52. The van der Waals surface area contributed by atoms with Crippen LogP contribution in [0.25, 0.3) is 0 Å². The van der Waals surface area contributed by atoms with Gasteiger partial charge in [0, 0.05) is 43.2 Å². The highest BCUT2D eigenvalue weighted by atomic mass is 32.1. The lowest BCUT2D eigenvalue weighted by atomic mass is 10.1. The monoisotopic (exact) mass is 511 g/mol. The maximum atomic E-state index is 12.9. The Morgan fingerprint density at radius 1 is 1.03 bits per heavy atom. The summed E-state index contributed by atoms with van der Waals surface area (Å²) in [5.74, 6) is 3.01. The molecular weight excluding hydrogens is 478 g/mol. The molecule has 0 unspecified atom stereocenters. The Labute approximate surface area is 216 Å². The molecule has 0 saturated heterocycles. The first-order valence-corrected chi connectivity index (χ1v) is 13.0. The zero-order chi connectivity index (χ0) is 25.5. The fourth-order valence-electron chi connectivity index (χ4n) is 4.20. The Hall–Kier alpha value is -3.30. The van der Waals surface area contributed by atoms with Crippen LogP contribution in [-0.4, -0.2) is 54.8 Å². The second-order valence-corrected chi connectivity index (χ2v) is 9.46. The van der Waals surface area contributed by atoms with Gasteiger partial charge in [0.15, 0.2) is 11.5 Å². The first-order valence-electron chi connectivity index (χ1n) is 12.1. The molecule has 8 nitrogen and oxygen atoms in total. The predicted octanol–water partition coefficient (Wildman–Crippen LogP) is 4.96. The Bertz CT molecular complexity index is 1180. The van der Waals surface area contributed by atoms with Gasteiger partial charge in [-0.3, -0.25) is 9.69 Å². The number of aromatic nitrogens is 1. The summed E-state index contributed by atoms with van der Waals surface area (Å²) >= 11 is 1.51. The van der Waals surface area contributed by atoms with Crippen LogP contribution in [0.5, 0.6) is 23.0 Å². The molecule has 0 aliphatic carbocycles. The SMILES string of the molecule is CCCN(CC)C(=O)c1csc(CN(Cc2ccc3c(c2)OCO3)Cc2ccc(OC)cc2OC)n1. The van der Waals surface area contributed by atoms with Crippen molar-refractivity contribution in [1.82, 2.24) is 14.8 Å². The number of hydrogen-bond donors (Lipinski definition) is 0. The van der Waals surface area contributed by atoms with Crippen LogP contribution in [0.2, 0.25) is 0 Å². The lowest BCUT2D eigenvalue weighted by Gasteiger charge is -2.23. The van der Waals surface area contributed by atoms with Crippen molar-refractivity contribution in [2.24, 2.45) is 0 Å². The molecule has 0 spiro atoms. The summed E-state index contributed by atoms with van der Waals surface area (Å²) in [6.45, 7) is 7.59. The van der Waals surface area contributed by atoms with Crippen molar-refractivity contribution in [3.05, 3.63) is 63.6 Å². The molecule has 2 aromatic carbocycles. The van der Waals surface area contributed by atoms with Gasteiger partial charge in [-0.15, -0.1) is 11.3 Å². The Kier molecular flexibility index (Phi) is 8.66. The third kappa shape index (κ3) is 6.09. The molecular formula is C27H33N3O5S. The van der Waals surface area contributed by atoms with Crippen molar-refractivity contribution in [2.75, 3.05) is 34.1 Å². The molecule has 0 fully saturated rings. The summed E-state index contributed by atoms with van der Waals surface area (Å²) in [5.41, 5.74) is 2.64. The molecule has 3 aromatic rings. The highest BCUT2D eigenvalue weighted by molar-refractivity contribution is 7.09. The summed E-state index contributed by atoms with van der Waals surface area (Å²) in [6, 6.07) is 11.8. The summed E-state index contributed by atoms with van der Waals surface area (Å²) in [7, 11) is 3.30. The van der Waals surface area contributed by atoms with Gasteiger partial charge in [-0.25, -0.2) is 4.98 Å². The Morgan fingerprint density at radius 2 is 1.86 bits per heavy atom. The second kappa shape index (κ2) is 12.1. The van der Waals surface area contributed by atoms with E-state index in [0.717, 1.165) is 52.1 Å². The topological polar surface area (TPSA) is 73.4 Å². The fourth-order valence-corrected chi connectivity index (χ4v) is 5.01. The van der Waals surface area contributed by atoms with Gasteiger partial charge in [-0.1, -0.05) is 19.1 Å². The normalized spacial score (nSPS) is 12.1. The number of methoxy groups -OCH3 is 2. The van der Waals surface area contributed by atoms with Crippen molar-refractivity contribution in [1.29, 1.82) is 0 Å². The molecule has 0 radical (unpaired) electrons. The average molecular weight is 512 g/mol. The van der Waals surface area contributed by atoms with Crippen LogP contribution >= 0.6 is 11.3 Å². The van der Waals surface area contributed by atoms with Crippen LogP contribution in [0.3, 0.4) is 0 Å². The molecule has 2 heterocycles. The highest BCUT2D eigenvalue weighted by Gasteiger charge is 2.20. The molecule has 1 amide bonds. The minimum atomic E-state index is -0.0130. The van der Waals surface area contributed by atoms with E-state index in [0.29, 0.717) is 31.9 Å². The van der Waals surface area contributed by atoms with Crippen molar-refractivity contribution in [3.63, 3.8) is 0 Å². The molecule has 1 aliphatic heterocycles. The van der Waals surface area contributed by atoms with Crippen LogP contribution in [0.1, 0.15) is 46.9 Å². The van der Waals surface area contributed by atoms with Crippen molar-refractivity contribution in [2.45, 2.75) is 39.9 Å². The third-order valence-corrected chi connectivity index (χ3v) is 6.86. The summed E-state index contributed by atoms with van der Waals surface area (Å²) in [4.78, 5) is 21.7. The third-order valence-electron chi connectivity index (χ3n) is 6.02. The number of hydrogen-bond acceptors (Lipinski definition) is 8. The number of fused-ring (bicyclic) bond motifs is 1. The number of thiazole rings is 1. The van der Waals surface area contributed by atoms with Gasteiger partial charge in [-0.2, -0.15) is 0 Å². The minimum Gasteiger partial charge on any atom is -0.497 e. The number of carbonyl (C=O) groups is 1. The van der Waals surface area contributed by atoms with Gasteiger partial charge in [0.2, 0.25) is 6.79 Å². The predicted molar refractivity (Wildman–Crippen MR) is 139 cm³/mol. The van der Waals surface area contributed by atoms with Gasteiger partial charge in [0.25, 0.3) is 5.91 Å². The molecule has 0 saturated carbocycles. The quantitative estimate of drug-likeness (QED) is 0.340. The highest BCUT2D eigenvalue weighted by Crippen LogP contribution is 2.33. The van der Waals surface area contributed by atoms with Gasteiger partial charge in [0.1, 0.15) is 22.2 Å². The van der Waals surface area contributed by atoms with E-state index in [4.69, 9.17) is 23.9 Å². The van der Waals surface area contributed by atoms with E-state index < -0.39 is 0 Å². The molecule has 0 atom stereocenters. The molecule has 0 bridgehead atoms. The Morgan fingerprint density at radius 3 is 2.61 bits per heavy atom. The van der Waals surface area contributed by atoms with Gasteiger partial charge >= 0.3 is 0 Å². The first-order chi connectivity index (χ1) is 17.5. The summed E-state index contributed by atoms with van der Waals surface area (Å²) in [6.07, 6.45) is 0.920. The van der Waals surface area contributed by atoms with Crippen LogP contribution in [0, 0.1) is 0 Å². The first kappa shape index (κ1) is 25.8. The van der Waals surface area contributed by atoms with Crippen LogP contribution in [0.15, 0.2) is 41.8 Å². The number of carbonyl (C=O) groups excluding carboxylic acids is 1. The smallest absolute Gasteiger partial charge is 0.273 e. The molecule has 4 rings (SSSR count). The van der Waals surface area contributed by atoms with E-state index in [-0.39, 0.29) is 12.7 Å². The summed E-state index contributed by atoms with van der Waals surface area (Å²) in [5, 5.41) is 2.75. The maximum Gasteiger partial charge on any atom is 0.273 e. The van der Waals surface area contributed by atoms with E-state index in [1.165, 1.54) is 11.3 Å². The van der Waals surface area contributed by atoms with E-state index in [1.54, 1.807) is 14.2 Å². The number of amides is 1. The number of nitrogens with zero attached hydrogens (tertiary/aromatic N) is 3. The number of benzene rings is 2. The lowest BCUT2D eigenvalue weighted by Crippen LogP contribution is -2.31. The van der Waals surface area contributed by atoms with E-state index >= 15 is 0 Å². The molecule has 0 N–H and O–H groups in total. The van der Waals surface area contributed by atoms with Gasteiger partial charge < -0.3 is 23.8 Å². The molecule has 9 heteroatoms. The van der Waals surface area contributed by atoms with Crippen molar-refractivity contribution in [3.8, 4) is 23.0 Å². The van der Waals surface area contributed by atoms with Crippen molar-refractivity contribution >= 4 is 17.2 Å². The lowest BCUT2D eigenvalue weighted by molar-refractivity contribution is 0.0759. The van der Waals surface area contributed by atoms with Gasteiger partial charge in [0.05, 0.1) is 20.8 Å².